The predicted octanol–water partition coefficient (Wildman–Crippen LogP) is -0.639. The van der Waals surface area contributed by atoms with Crippen LogP contribution in [0.1, 0.15) is 19.3 Å². The smallest absolute Gasteiger partial charge is 0.258 e. The summed E-state index contributed by atoms with van der Waals surface area (Å²) in [6, 6.07) is 0. The van der Waals surface area contributed by atoms with Gasteiger partial charge in [0.15, 0.2) is 0 Å². The molecule has 0 radical (unpaired) electrons. The fraction of sp³-hybridized carbons (Fsp3) is 0.500. The summed E-state index contributed by atoms with van der Waals surface area (Å²) in [5.41, 5.74) is 4.97. The standard InChI is InChI=1S/C10H14N8O/c11-7-15-8(13-4-10(19)2-1-3-10)17-9(16-7)18-6-12-5-14-18/h5-6,19H,1-4H2,(H3,11,13,15,16,17). The van der Waals surface area contributed by atoms with E-state index in [1.54, 1.807) is 0 Å². The van der Waals surface area contributed by atoms with Crippen molar-refractivity contribution < 1.29 is 5.11 Å². The van der Waals surface area contributed by atoms with Crippen LogP contribution in [0.5, 0.6) is 0 Å². The van der Waals surface area contributed by atoms with Gasteiger partial charge in [0.25, 0.3) is 5.95 Å². The Bertz CT molecular complexity index is 565. The summed E-state index contributed by atoms with van der Waals surface area (Å²) < 4.78 is 1.39. The molecule has 1 fully saturated rings. The molecule has 9 heteroatoms. The largest absolute Gasteiger partial charge is 0.388 e. The SMILES string of the molecule is Nc1nc(NCC2(O)CCC2)nc(-n2cncn2)n1. The van der Waals surface area contributed by atoms with Crippen molar-refractivity contribution in [2.75, 3.05) is 17.6 Å². The maximum absolute atomic E-state index is 10.0. The maximum atomic E-state index is 10.0. The Labute approximate surface area is 108 Å². The number of nitrogens with two attached hydrogens (primary N) is 1. The third-order valence-corrected chi connectivity index (χ3v) is 3.12. The van der Waals surface area contributed by atoms with Crippen LogP contribution in [0.4, 0.5) is 11.9 Å². The quantitative estimate of drug-likeness (QED) is 0.664. The van der Waals surface area contributed by atoms with Gasteiger partial charge in [0, 0.05) is 6.54 Å². The van der Waals surface area contributed by atoms with Gasteiger partial charge in [-0.15, -0.1) is 0 Å². The van der Waals surface area contributed by atoms with Crippen molar-refractivity contribution in [1.29, 1.82) is 0 Å². The van der Waals surface area contributed by atoms with Gasteiger partial charge in [0.1, 0.15) is 12.7 Å². The van der Waals surface area contributed by atoms with Gasteiger partial charge < -0.3 is 16.2 Å². The van der Waals surface area contributed by atoms with E-state index in [1.165, 1.54) is 17.3 Å². The molecular formula is C10H14N8O. The van der Waals surface area contributed by atoms with Crippen LogP contribution in [0.15, 0.2) is 12.7 Å². The highest BCUT2D eigenvalue weighted by Gasteiger charge is 2.34. The van der Waals surface area contributed by atoms with E-state index in [4.69, 9.17) is 5.73 Å². The molecule has 19 heavy (non-hydrogen) atoms. The first kappa shape index (κ1) is 11.8. The normalized spacial score (nSPS) is 16.9. The molecule has 0 aliphatic heterocycles. The van der Waals surface area contributed by atoms with Crippen molar-refractivity contribution in [2.45, 2.75) is 24.9 Å². The lowest BCUT2D eigenvalue weighted by Gasteiger charge is -2.36. The Kier molecular flexibility index (Phi) is 2.75. The predicted molar refractivity (Wildman–Crippen MR) is 66.4 cm³/mol. The summed E-state index contributed by atoms with van der Waals surface area (Å²) >= 11 is 0. The van der Waals surface area contributed by atoms with Crippen molar-refractivity contribution >= 4 is 11.9 Å². The number of aromatic nitrogens is 6. The molecule has 9 nitrogen and oxygen atoms in total. The summed E-state index contributed by atoms with van der Waals surface area (Å²) in [7, 11) is 0. The second-order valence-electron chi connectivity index (χ2n) is 4.59. The number of hydrogen-bond donors (Lipinski definition) is 3. The number of nitrogens with zero attached hydrogens (tertiary/aromatic N) is 6. The third kappa shape index (κ3) is 2.45. The molecular weight excluding hydrogens is 248 g/mol. The first-order valence-corrected chi connectivity index (χ1v) is 5.97. The highest BCUT2D eigenvalue weighted by Crippen LogP contribution is 2.31. The van der Waals surface area contributed by atoms with E-state index in [1.807, 2.05) is 0 Å². The first-order chi connectivity index (χ1) is 9.15. The minimum atomic E-state index is -0.658. The molecule has 0 saturated heterocycles. The minimum absolute atomic E-state index is 0.0867. The lowest BCUT2D eigenvalue weighted by atomic mass is 9.80. The zero-order valence-corrected chi connectivity index (χ0v) is 10.2. The number of nitrogens with one attached hydrogen (secondary N) is 1. The molecule has 1 saturated carbocycles. The molecule has 1 aliphatic rings. The minimum Gasteiger partial charge on any atom is -0.388 e. The van der Waals surface area contributed by atoms with Crippen LogP contribution in [0.2, 0.25) is 0 Å². The van der Waals surface area contributed by atoms with E-state index in [9.17, 15) is 5.11 Å². The number of hydrogen-bond acceptors (Lipinski definition) is 8. The summed E-state index contributed by atoms with van der Waals surface area (Å²) in [6.07, 6.45) is 5.47. The van der Waals surface area contributed by atoms with E-state index >= 15 is 0 Å². The molecule has 0 unspecified atom stereocenters. The fourth-order valence-corrected chi connectivity index (χ4v) is 1.88. The lowest BCUT2D eigenvalue weighted by Crippen LogP contribution is -2.43. The van der Waals surface area contributed by atoms with Crippen molar-refractivity contribution in [3.63, 3.8) is 0 Å². The molecule has 2 aromatic rings. The van der Waals surface area contributed by atoms with Crippen molar-refractivity contribution in [3.05, 3.63) is 12.7 Å². The van der Waals surface area contributed by atoms with Crippen LogP contribution in [0.3, 0.4) is 0 Å². The third-order valence-electron chi connectivity index (χ3n) is 3.12. The summed E-state index contributed by atoms with van der Waals surface area (Å²) in [5, 5.41) is 16.9. The molecule has 3 rings (SSSR count). The monoisotopic (exact) mass is 262 g/mol. The van der Waals surface area contributed by atoms with Crippen LogP contribution in [0, 0.1) is 0 Å². The van der Waals surface area contributed by atoms with Crippen LogP contribution in [0.25, 0.3) is 5.95 Å². The summed E-state index contributed by atoms with van der Waals surface area (Å²) in [6.45, 7) is 0.396. The Hall–Kier alpha value is -2.29. The molecule has 4 N–H and O–H groups in total. The maximum Gasteiger partial charge on any atom is 0.258 e. The molecule has 2 heterocycles. The van der Waals surface area contributed by atoms with Gasteiger partial charge in [-0.1, -0.05) is 0 Å². The molecule has 100 valence electrons. The average molecular weight is 262 g/mol. The summed E-state index contributed by atoms with van der Waals surface area (Å²) in [5.74, 6) is 0.690. The Morgan fingerprint density at radius 2 is 2.21 bits per heavy atom. The molecule has 0 aromatic carbocycles. The van der Waals surface area contributed by atoms with Gasteiger partial charge in [-0.25, -0.2) is 4.98 Å². The van der Waals surface area contributed by atoms with Gasteiger partial charge in [-0.05, 0) is 19.3 Å². The zero-order valence-electron chi connectivity index (χ0n) is 10.2. The van der Waals surface area contributed by atoms with Gasteiger partial charge in [0.2, 0.25) is 11.9 Å². The zero-order chi connectivity index (χ0) is 13.3. The summed E-state index contributed by atoms with van der Waals surface area (Å²) in [4.78, 5) is 15.9. The molecule has 0 spiro atoms. The van der Waals surface area contributed by atoms with Gasteiger partial charge in [-0.2, -0.15) is 24.7 Å². The van der Waals surface area contributed by atoms with Crippen molar-refractivity contribution in [2.24, 2.45) is 0 Å². The number of nitrogen functional groups attached to an aromatic ring is 1. The Balaban J connectivity index is 1.78. The van der Waals surface area contributed by atoms with Crippen molar-refractivity contribution in [1.82, 2.24) is 29.7 Å². The van der Waals surface area contributed by atoms with Crippen LogP contribution in [-0.2, 0) is 0 Å². The van der Waals surface area contributed by atoms with Crippen molar-refractivity contribution in [3.8, 4) is 5.95 Å². The van der Waals surface area contributed by atoms with Gasteiger partial charge in [-0.3, -0.25) is 0 Å². The molecule has 0 amide bonds. The Morgan fingerprint density at radius 3 is 2.84 bits per heavy atom. The van der Waals surface area contributed by atoms with E-state index in [2.05, 4.69) is 30.4 Å². The van der Waals surface area contributed by atoms with Crippen LogP contribution >= 0.6 is 0 Å². The molecule has 0 bridgehead atoms. The van der Waals surface area contributed by atoms with E-state index in [0.717, 1.165) is 19.3 Å². The first-order valence-electron chi connectivity index (χ1n) is 5.97. The average Bonchev–Trinajstić information content (AvgIpc) is 2.87. The van der Waals surface area contributed by atoms with E-state index < -0.39 is 5.60 Å². The number of aliphatic hydroxyl groups is 1. The number of rotatable bonds is 4. The fourth-order valence-electron chi connectivity index (χ4n) is 1.88. The number of anilines is 2. The van der Waals surface area contributed by atoms with Gasteiger partial charge in [0.05, 0.1) is 5.60 Å². The molecule has 1 aliphatic carbocycles. The topological polar surface area (TPSA) is 128 Å². The second kappa shape index (κ2) is 4.43. The highest BCUT2D eigenvalue weighted by molar-refractivity contribution is 5.35. The van der Waals surface area contributed by atoms with E-state index in [-0.39, 0.29) is 11.9 Å². The molecule has 2 aromatic heterocycles. The second-order valence-corrected chi connectivity index (χ2v) is 4.59. The van der Waals surface area contributed by atoms with Crippen LogP contribution in [-0.4, -0.2) is 47.0 Å². The Morgan fingerprint density at radius 1 is 1.37 bits per heavy atom. The van der Waals surface area contributed by atoms with Crippen LogP contribution < -0.4 is 11.1 Å². The lowest BCUT2D eigenvalue weighted by molar-refractivity contribution is -0.0203. The highest BCUT2D eigenvalue weighted by atomic mass is 16.3. The van der Waals surface area contributed by atoms with Gasteiger partial charge >= 0.3 is 0 Å². The molecule has 0 atom stereocenters. The van der Waals surface area contributed by atoms with E-state index in [0.29, 0.717) is 12.5 Å².